The normalized spacial score (nSPS) is 10.9. The first-order valence-corrected chi connectivity index (χ1v) is 9.19. The minimum Gasteiger partial charge on any atom is -0.300 e. The van der Waals surface area contributed by atoms with Gasteiger partial charge >= 0.3 is 0 Å². The molecule has 0 fully saturated rings. The highest BCUT2D eigenvalue weighted by Crippen LogP contribution is 2.09. The number of rotatable bonds is 11. The van der Waals surface area contributed by atoms with E-state index in [1.54, 1.807) is 6.92 Å². The van der Waals surface area contributed by atoms with Gasteiger partial charge in [0.15, 0.2) is 5.78 Å². The predicted molar refractivity (Wildman–Crippen MR) is 76.4 cm³/mol. The third-order valence-electron chi connectivity index (χ3n) is 2.89. The highest BCUT2D eigenvalue weighted by atomic mass is 28.2. The first kappa shape index (κ1) is 16.3. The number of allylic oxidation sites excluding steroid dienone is 1. The number of Topliss-reactive ketones (excluding diaryl/α,β-unsaturated/α-hetero) is 2. The van der Waals surface area contributed by atoms with Gasteiger partial charge in [-0.1, -0.05) is 25.6 Å². The molecule has 0 aromatic carbocycles. The number of carbonyl (C=O) groups is 2. The summed E-state index contributed by atoms with van der Waals surface area (Å²) < 4.78 is 0. The van der Waals surface area contributed by atoms with Gasteiger partial charge in [0.05, 0.1) is 0 Å². The molecule has 0 aliphatic heterocycles. The number of hydrogen-bond acceptors (Lipinski definition) is 2. The van der Waals surface area contributed by atoms with E-state index in [2.05, 4.69) is 13.1 Å². The summed E-state index contributed by atoms with van der Waals surface area (Å²) in [5, 5.41) is 0. The quantitative estimate of drug-likeness (QED) is 0.322. The maximum atomic E-state index is 11.5. The molecule has 0 N–H and O–H groups in total. The molecule has 0 aromatic heterocycles. The number of ketones is 2. The van der Waals surface area contributed by atoms with Crippen LogP contribution in [0.4, 0.5) is 0 Å². The van der Waals surface area contributed by atoms with E-state index < -0.39 is 0 Å². The van der Waals surface area contributed by atoms with E-state index in [0.29, 0.717) is 24.2 Å². The van der Waals surface area contributed by atoms with Crippen molar-refractivity contribution in [1.82, 2.24) is 0 Å². The zero-order valence-electron chi connectivity index (χ0n) is 11.4. The molecule has 0 saturated carbocycles. The fraction of sp³-hybridized carbons (Fsp3) is 0.714. The van der Waals surface area contributed by atoms with Crippen molar-refractivity contribution in [2.24, 2.45) is 0 Å². The Morgan fingerprint density at radius 3 is 2.18 bits per heavy atom. The third-order valence-corrected chi connectivity index (χ3v) is 4.10. The fourth-order valence-electron chi connectivity index (χ4n) is 1.70. The second-order valence-electron chi connectivity index (χ2n) is 4.76. The van der Waals surface area contributed by atoms with Crippen LogP contribution in [0.3, 0.4) is 0 Å². The van der Waals surface area contributed by atoms with Crippen molar-refractivity contribution in [3.05, 3.63) is 12.2 Å². The Balaban J connectivity index is 3.36. The molecular weight excluding hydrogens is 228 g/mol. The van der Waals surface area contributed by atoms with Crippen molar-refractivity contribution in [3.8, 4) is 0 Å². The van der Waals surface area contributed by atoms with Gasteiger partial charge in [0.2, 0.25) is 0 Å². The maximum absolute atomic E-state index is 11.5. The van der Waals surface area contributed by atoms with E-state index in [1.807, 2.05) is 0 Å². The summed E-state index contributed by atoms with van der Waals surface area (Å²) in [7, 11) is 0.129. The number of unbranched alkanes of at least 4 members (excludes halogenated alkanes) is 2. The highest BCUT2D eigenvalue weighted by Gasteiger charge is 2.04. The van der Waals surface area contributed by atoms with Crippen molar-refractivity contribution >= 4 is 21.1 Å². The van der Waals surface area contributed by atoms with Crippen LogP contribution in [-0.4, -0.2) is 21.1 Å². The lowest BCUT2D eigenvalue weighted by Crippen LogP contribution is -2.00. The molecule has 0 saturated heterocycles. The van der Waals surface area contributed by atoms with Crippen molar-refractivity contribution in [2.45, 2.75) is 64.5 Å². The molecule has 0 rings (SSSR count). The van der Waals surface area contributed by atoms with Gasteiger partial charge in [-0.25, -0.2) is 0 Å². The van der Waals surface area contributed by atoms with Crippen LogP contribution < -0.4 is 0 Å². The molecule has 3 heteroatoms. The number of hydrogen-bond donors (Lipinski definition) is 0. The Kier molecular flexibility index (Phi) is 10.0. The second-order valence-corrected chi connectivity index (χ2v) is 6.47. The molecule has 0 radical (unpaired) electrons. The van der Waals surface area contributed by atoms with Crippen LogP contribution in [-0.2, 0) is 9.59 Å². The SMILES string of the molecule is C=C(C)C(=O)CCCCCC(=O)CCC[SiH2]C. The summed E-state index contributed by atoms with van der Waals surface area (Å²) in [5.74, 6) is 0.558. The van der Waals surface area contributed by atoms with Crippen LogP contribution in [0.5, 0.6) is 0 Å². The van der Waals surface area contributed by atoms with Gasteiger partial charge in [0.1, 0.15) is 5.78 Å². The Bertz CT molecular complexity index is 259. The van der Waals surface area contributed by atoms with Gasteiger partial charge < -0.3 is 0 Å². The molecular formula is C14H26O2Si. The molecule has 0 aromatic rings. The van der Waals surface area contributed by atoms with Crippen LogP contribution in [0, 0.1) is 0 Å². The molecule has 0 amide bonds. The number of carbonyl (C=O) groups excluding carboxylic acids is 2. The molecule has 2 nitrogen and oxygen atoms in total. The Hall–Kier alpha value is -0.703. The molecule has 0 bridgehead atoms. The minimum atomic E-state index is 0.129. The van der Waals surface area contributed by atoms with Gasteiger partial charge in [0, 0.05) is 28.8 Å². The Morgan fingerprint density at radius 2 is 1.59 bits per heavy atom. The first-order chi connectivity index (χ1) is 8.07. The third kappa shape index (κ3) is 10.2. The average molecular weight is 254 g/mol. The summed E-state index contributed by atoms with van der Waals surface area (Å²) in [6.45, 7) is 7.66. The lowest BCUT2D eigenvalue weighted by atomic mass is 10.0. The first-order valence-electron chi connectivity index (χ1n) is 6.78. The van der Waals surface area contributed by atoms with E-state index in [9.17, 15) is 9.59 Å². The summed E-state index contributed by atoms with van der Waals surface area (Å²) in [5.41, 5.74) is 0.643. The van der Waals surface area contributed by atoms with Gasteiger partial charge in [0.25, 0.3) is 0 Å². The predicted octanol–water partition coefficient (Wildman–Crippen LogP) is 3.07. The summed E-state index contributed by atoms with van der Waals surface area (Å²) in [6.07, 6.45) is 5.96. The largest absolute Gasteiger partial charge is 0.300 e. The maximum Gasteiger partial charge on any atom is 0.157 e. The molecule has 0 spiro atoms. The molecule has 17 heavy (non-hydrogen) atoms. The van der Waals surface area contributed by atoms with E-state index in [4.69, 9.17) is 0 Å². The van der Waals surface area contributed by atoms with Crippen LogP contribution >= 0.6 is 0 Å². The van der Waals surface area contributed by atoms with E-state index in [1.165, 1.54) is 6.04 Å². The second kappa shape index (κ2) is 10.5. The van der Waals surface area contributed by atoms with E-state index in [0.717, 1.165) is 32.1 Å². The average Bonchev–Trinajstić information content (AvgIpc) is 2.28. The highest BCUT2D eigenvalue weighted by molar-refractivity contribution is 6.33. The van der Waals surface area contributed by atoms with Gasteiger partial charge in [-0.15, -0.1) is 0 Å². The van der Waals surface area contributed by atoms with E-state index >= 15 is 0 Å². The lowest BCUT2D eigenvalue weighted by molar-refractivity contribution is -0.119. The molecule has 98 valence electrons. The smallest absolute Gasteiger partial charge is 0.157 e. The summed E-state index contributed by atoms with van der Waals surface area (Å²) >= 11 is 0. The minimum absolute atomic E-state index is 0.129. The Morgan fingerprint density at radius 1 is 1.00 bits per heavy atom. The lowest BCUT2D eigenvalue weighted by Gasteiger charge is -2.01. The summed E-state index contributed by atoms with van der Waals surface area (Å²) in [4.78, 5) is 22.7. The van der Waals surface area contributed by atoms with Crippen LogP contribution in [0.15, 0.2) is 12.2 Å². The van der Waals surface area contributed by atoms with Gasteiger partial charge in [-0.2, -0.15) is 0 Å². The zero-order chi connectivity index (χ0) is 13.1. The van der Waals surface area contributed by atoms with E-state index in [-0.39, 0.29) is 15.3 Å². The zero-order valence-corrected chi connectivity index (χ0v) is 12.8. The van der Waals surface area contributed by atoms with Gasteiger partial charge in [-0.3, -0.25) is 9.59 Å². The molecule has 0 atom stereocenters. The van der Waals surface area contributed by atoms with Crippen molar-refractivity contribution in [3.63, 3.8) is 0 Å². The molecule has 0 unspecified atom stereocenters. The van der Waals surface area contributed by atoms with Crippen molar-refractivity contribution in [1.29, 1.82) is 0 Å². The fourth-order valence-corrected chi connectivity index (χ4v) is 2.45. The monoisotopic (exact) mass is 254 g/mol. The van der Waals surface area contributed by atoms with Crippen molar-refractivity contribution < 1.29 is 9.59 Å². The topological polar surface area (TPSA) is 34.1 Å². The molecule has 0 heterocycles. The molecule has 0 aliphatic carbocycles. The van der Waals surface area contributed by atoms with Crippen LogP contribution in [0.2, 0.25) is 12.6 Å². The van der Waals surface area contributed by atoms with Crippen molar-refractivity contribution in [2.75, 3.05) is 0 Å². The van der Waals surface area contributed by atoms with Crippen LogP contribution in [0.1, 0.15) is 51.9 Å². The van der Waals surface area contributed by atoms with Crippen LogP contribution in [0.25, 0.3) is 0 Å². The van der Waals surface area contributed by atoms with Gasteiger partial charge in [-0.05, 0) is 31.8 Å². The standard InChI is InChI=1S/C14H26O2Si/c1-12(2)14(16)10-6-4-5-8-13(15)9-7-11-17-3/h1,4-11,17H2,2-3H3. The summed E-state index contributed by atoms with van der Waals surface area (Å²) in [6, 6.07) is 1.29. The Labute approximate surface area is 108 Å². The molecule has 0 aliphatic rings.